The smallest absolute Gasteiger partial charge is 0.191 e. The molecule has 0 spiro atoms. The molecule has 2 aromatic rings. The largest absolute Gasteiger partial charge is 0.497 e. The minimum absolute atomic E-state index is 0. The first-order valence-electron chi connectivity index (χ1n) is 10.9. The molecule has 1 heterocycles. The fraction of sp³-hybridized carbons (Fsp3) is 0.458. The molecule has 1 saturated heterocycles. The van der Waals surface area contributed by atoms with Crippen LogP contribution in [0.1, 0.15) is 19.4 Å². The molecule has 1 fully saturated rings. The Hall–Kier alpha value is -2.20. The van der Waals surface area contributed by atoms with E-state index in [9.17, 15) is 0 Å². The summed E-state index contributed by atoms with van der Waals surface area (Å²) in [6, 6.07) is 16.1. The number of ether oxygens (including phenoxy) is 3. The zero-order valence-corrected chi connectivity index (χ0v) is 21.5. The first-order valence-corrected chi connectivity index (χ1v) is 10.9. The molecular formula is C24H35IN4O3. The number of halogens is 1. The van der Waals surface area contributed by atoms with Crippen LogP contribution in [0, 0.1) is 0 Å². The molecule has 2 N–H and O–H groups in total. The van der Waals surface area contributed by atoms with Gasteiger partial charge in [0.25, 0.3) is 0 Å². The van der Waals surface area contributed by atoms with Crippen molar-refractivity contribution in [1.82, 2.24) is 10.6 Å². The Kier molecular flexibility index (Phi) is 11.4. The minimum atomic E-state index is -0.0309. The van der Waals surface area contributed by atoms with Gasteiger partial charge in [-0.05, 0) is 37.6 Å². The molecule has 0 aromatic heterocycles. The predicted octanol–water partition coefficient (Wildman–Crippen LogP) is 3.67. The quantitative estimate of drug-likeness (QED) is 0.280. The standard InChI is InChI=1S/C24H34N4O3.HI/c1-4-25-24(26-17-19(2)31-22-10-7-9-21(16-22)29-3)27-18-20-8-5-6-11-23(20)28-12-14-30-15-13-28;/h5-11,16,19H,4,12-15,17-18H2,1-3H3,(H2,25,26,27);1H. The highest BCUT2D eigenvalue weighted by Crippen LogP contribution is 2.22. The molecule has 0 aliphatic carbocycles. The van der Waals surface area contributed by atoms with Crippen LogP contribution in [0.25, 0.3) is 0 Å². The summed E-state index contributed by atoms with van der Waals surface area (Å²) in [4.78, 5) is 7.18. The van der Waals surface area contributed by atoms with E-state index in [1.165, 1.54) is 11.3 Å². The van der Waals surface area contributed by atoms with Crippen molar-refractivity contribution in [3.8, 4) is 11.5 Å². The number of benzene rings is 2. The zero-order valence-electron chi connectivity index (χ0n) is 19.2. The first-order chi connectivity index (χ1) is 15.2. The van der Waals surface area contributed by atoms with E-state index in [-0.39, 0.29) is 30.1 Å². The molecular weight excluding hydrogens is 519 g/mol. The maximum atomic E-state index is 6.00. The molecule has 0 bridgehead atoms. The van der Waals surface area contributed by atoms with E-state index in [1.807, 2.05) is 31.2 Å². The van der Waals surface area contributed by atoms with E-state index >= 15 is 0 Å². The van der Waals surface area contributed by atoms with Crippen LogP contribution in [0.4, 0.5) is 5.69 Å². The molecule has 3 rings (SSSR count). The Balaban J connectivity index is 0.00000363. The minimum Gasteiger partial charge on any atom is -0.497 e. The van der Waals surface area contributed by atoms with Gasteiger partial charge in [-0.15, -0.1) is 24.0 Å². The SMILES string of the molecule is CCNC(=NCc1ccccc1N1CCOCC1)NCC(C)Oc1cccc(OC)c1.I. The number of morpholine rings is 1. The van der Waals surface area contributed by atoms with Crippen LogP contribution in [0.2, 0.25) is 0 Å². The number of hydrogen-bond acceptors (Lipinski definition) is 5. The van der Waals surface area contributed by atoms with Crippen molar-refractivity contribution in [3.63, 3.8) is 0 Å². The monoisotopic (exact) mass is 554 g/mol. The van der Waals surface area contributed by atoms with Crippen LogP contribution >= 0.6 is 24.0 Å². The lowest BCUT2D eigenvalue weighted by molar-refractivity contribution is 0.122. The average Bonchev–Trinajstić information content (AvgIpc) is 2.81. The van der Waals surface area contributed by atoms with E-state index in [2.05, 4.69) is 46.7 Å². The lowest BCUT2D eigenvalue weighted by atomic mass is 10.1. The van der Waals surface area contributed by atoms with E-state index in [4.69, 9.17) is 19.2 Å². The Bertz CT molecular complexity index is 843. The molecule has 0 amide bonds. The second kappa shape index (κ2) is 14.1. The topological polar surface area (TPSA) is 67.4 Å². The van der Waals surface area contributed by atoms with E-state index in [1.54, 1.807) is 7.11 Å². The molecule has 8 heteroatoms. The number of rotatable bonds is 9. The highest BCUT2D eigenvalue weighted by Gasteiger charge is 2.14. The van der Waals surface area contributed by atoms with Crippen molar-refractivity contribution in [1.29, 1.82) is 0 Å². The predicted molar refractivity (Wildman–Crippen MR) is 141 cm³/mol. The van der Waals surface area contributed by atoms with Gasteiger partial charge < -0.3 is 29.7 Å². The number of methoxy groups -OCH3 is 1. The fourth-order valence-corrected chi connectivity index (χ4v) is 3.45. The Labute approximate surface area is 208 Å². The van der Waals surface area contributed by atoms with Crippen LogP contribution in [0.3, 0.4) is 0 Å². The van der Waals surface area contributed by atoms with Crippen LogP contribution in [0.5, 0.6) is 11.5 Å². The summed E-state index contributed by atoms with van der Waals surface area (Å²) in [5, 5.41) is 6.71. The lowest BCUT2D eigenvalue weighted by Crippen LogP contribution is -2.41. The summed E-state index contributed by atoms with van der Waals surface area (Å²) in [5.74, 6) is 2.35. The van der Waals surface area contributed by atoms with Crippen molar-refractivity contribution in [2.45, 2.75) is 26.5 Å². The summed E-state index contributed by atoms with van der Waals surface area (Å²) in [5.41, 5.74) is 2.45. The highest BCUT2D eigenvalue weighted by atomic mass is 127. The van der Waals surface area contributed by atoms with Gasteiger partial charge in [-0.25, -0.2) is 4.99 Å². The van der Waals surface area contributed by atoms with Crippen molar-refractivity contribution >= 4 is 35.6 Å². The van der Waals surface area contributed by atoms with E-state index in [0.717, 1.165) is 50.3 Å². The first kappa shape index (κ1) is 26.1. The highest BCUT2D eigenvalue weighted by molar-refractivity contribution is 14.0. The molecule has 7 nitrogen and oxygen atoms in total. The second-order valence-corrected chi connectivity index (χ2v) is 7.41. The van der Waals surface area contributed by atoms with Crippen LogP contribution in [-0.4, -0.2) is 58.6 Å². The molecule has 176 valence electrons. The van der Waals surface area contributed by atoms with Crippen LogP contribution in [0.15, 0.2) is 53.5 Å². The van der Waals surface area contributed by atoms with Crippen molar-refractivity contribution in [2.75, 3.05) is 51.4 Å². The Morgan fingerprint density at radius 3 is 2.59 bits per heavy atom. The number of guanidine groups is 1. The van der Waals surface area contributed by atoms with Gasteiger partial charge in [0.2, 0.25) is 0 Å². The summed E-state index contributed by atoms with van der Waals surface area (Å²) in [7, 11) is 1.65. The summed E-state index contributed by atoms with van der Waals surface area (Å²) < 4.78 is 16.8. The van der Waals surface area contributed by atoms with E-state index < -0.39 is 0 Å². The van der Waals surface area contributed by atoms with Gasteiger partial charge in [0.05, 0.1) is 33.4 Å². The van der Waals surface area contributed by atoms with Crippen molar-refractivity contribution < 1.29 is 14.2 Å². The van der Waals surface area contributed by atoms with Gasteiger partial charge in [-0.2, -0.15) is 0 Å². The number of nitrogens with zero attached hydrogens (tertiary/aromatic N) is 2. The van der Waals surface area contributed by atoms with Gasteiger partial charge in [-0.3, -0.25) is 0 Å². The van der Waals surface area contributed by atoms with Gasteiger partial charge in [0.1, 0.15) is 17.6 Å². The molecule has 0 saturated carbocycles. The number of anilines is 1. The molecule has 0 radical (unpaired) electrons. The van der Waals surface area contributed by atoms with Gasteiger partial charge in [0, 0.05) is 31.4 Å². The average molecular weight is 554 g/mol. The fourth-order valence-electron chi connectivity index (χ4n) is 3.45. The summed E-state index contributed by atoms with van der Waals surface area (Å²) in [6.45, 7) is 9.50. The van der Waals surface area contributed by atoms with E-state index in [0.29, 0.717) is 13.1 Å². The third-order valence-corrected chi connectivity index (χ3v) is 5.03. The van der Waals surface area contributed by atoms with Crippen molar-refractivity contribution in [3.05, 3.63) is 54.1 Å². The third-order valence-electron chi connectivity index (χ3n) is 5.03. The van der Waals surface area contributed by atoms with Crippen LogP contribution < -0.4 is 25.0 Å². The normalized spacial score (nSPS) is 14.8. The summed E-state index contributed by atoms with van der Waals surface area (Å²) in [6.07, 6.45) is -0.0309. The number of nitrogens with one attached hydrogen (secondary N) is 2. The zero-order chi connectivity index (χ0) is 21.9. The molecule has 1 aliphatic heterocycles. The van der Waals surface area contributed by atoms with Gasteiger partial charge >= 0.3 is 0 Å². The number of hydrogen-bond donors (Lipinski definition) is 2. The Morgan fingerprint density at radius 1 is 1.09 bits per heavy atom. The number of aliphatic imine (C=N–C) groups is 1. The number of para-hydroxylation sites is 1. The van der Waals surface area contributed by atoms with Gasteiger partial charge in [0.15, 0.2) is 5.96 Å². The molecule has 1 atom stereocenters. The Morgan fingerprint density at radius 2 is 1.84 bits per heavy atom. The third kappa shape index (κ3) is 8.05. The molecule has 2 aromatic carbocycles. The summed E-state index contributed by atoms with van der Waals surface area (Å²) >= 11 is 0. The van der Waals surface area contributed by atoms with Crippen LogP contribution in [-0.2, 0) is 11.3 Å². The molecule has 1 unspecified atom stereocenters. The molecule has 1 aliphatic rings. The maximum absolute atomic E-state index is 6.00. The van der Waals surface area contributed by atoms with Gasteiger partial charge in [-0.1, -0.05) is 24.3 Å². The lowest BCUT2D eigenvalue weighted by Gasteiger charge is -2.30. The molecule has 32 heavy (non-hydrogen) atoms. The second-order valence-electron chi connectivity index (χ2n) is 7.41. The van der Waals surface area contributed by atoms with Crippen molar-refractivity contribution in [2.24, 2.45) is 4.99 Å². The maximum Gasteiger partial charge on any atom is 0.191 e.